The fourth-order valence-corrected chi connectivity index (χ4v) is 2.64. The lowest BCUT2D eigenvalue weighted by atomic mass is 10.2. The number of halogens is 5. The van der Waals surface area contributed by atoms with E-state index >= 15 is 0 Å². The number of anilines is 1. The fourth-order valence-electron chi connectivity index (χ4n) is 1.54. The second kappa shape index (κ2) is 6.51. The van der Waals surface area contributed by atoms with E-state index in [0.29, 0.717) is 5.02 Å². The van der Waals surface area contributed by atoms with Crippen molar-refractivity contribution in [3.63, 3.8) is 0 Å². The zero-order chi connectivity index (χ0) is 15.7. The van der Waals surface area contributed by atoms with Crippen molar-refractivity contribution in [3.05, 3.63) is 54.9 Å². The number of carbonyl (C=O) groups excluding carboxylic acids is 1. The van der Waals surface area contributed by atoms with E-state index in [4.69, 9.17) is 58.0 Å². The summed E-state index contributed by atoms with van der Waals surface area (Å²) < 4.78 is 0. The molecule has 0 heterocycles. The smallest absolute Gasteiger partial charge is 0.257 e. The van der Waals surface area contributed by atoms with E-state index in [9.17, 15) is 9.90 Å². The lowest BCUT2D eigenvalue weighted by Gasteiger charge is -2.11. The second-order valence-electron chi connectivity index (χ2n) is 3.96. The zero-order valence-electron chi connectivity index (χ0n) is 10.1. The van der Waals surface area contributed by atoms with E-state index in [2.05, 4.69) is 5.32 Å². The van der Waals surface area contributed by atoms with Crippen molar-refractivity contribution in [2.24, 2.45) is 0 Å². The van der Waals surface area contributed by atoms with E-state index in [0.717, 1.165) is 0 Å². The number of phenolic OH excluding ortho intramolecular Hbond substituents is 1. The van der Waals surface area contributed by atoms with Crippen LogP contribution in [0.5, 0.6) is 5.75 Å². The highest BCUT2D eigenvalue weighted by Gasteiger charge is 2.17. The fraction of sp³-hybridized carbons (Fsp3) is 0. The van der Waals surface area contributed by atoms with Gasteiger partial charge in [0.2, 0.25) is 0 Å². The van der Waals surface area contributed by atoms with Crippen LogP contribution < -0.4 is 5.32 Å². The maximum Gasteiger partial charge on any atom is 0.257 e. The molecule has 0 saturated heterocycles. The quantitative estimate of drug-likeness (QED) is 0.499. The van der Waals surface area contributed by atoms with Crippen LogP contribution in [-0.2, 0) is 0 Å². The highest BCUT2D eigenvalue weighted by Crippen LogP contribution is 2.42. The Bertz CT molecular complexity index is 733. The number of rotatable bonds is 2. The molecule has 2 N–H and O–H groups in total. The molecule has 0 aromatic heterocycles. The molecule has 2 rings (SSSR count). The molecule has 3 nitrogen and oxygen atoms in total. The molecule has 1 amide bonds. The SMILES string of the molecule is O=C(Nc1cc(Cl)c(Cl)c(Cl)c1O)c1ccc(Cl)cc1Cl. The Kier molecular flexibility index (Phi) is 5.12. The van der Waals surface area contributed by atoms with Crippen LogP contribution in [0.15, 0.2) is 24.3 Å². The van der Waals surface area contributed by atoms with E-state index in [1.165, 1.54) is 24.3 Å². The number of hydrogen-bond acceptors (Lipinski definition) is 2. The van der Waals surface area contributed by atoms with Crippen LogP contribution in [-0.4, -0.2) is 11.0 Å². The van der Waals surface area contributed by atoms with Crippen LogP contribution in [0.25, 0.3) is 0 Å². The topological polar surface area (TPSA) is 49.3 Å². The Morgan fingerprint density at radius 2 is 1.62 bits per heavy atom. The average Bonchev–Trinajstić information content (AvgIpc) is 2.42. The molecule has 2 aromatic rings. The van der Waals surface area contributed by atoms with Crippen molar-refractivity contribution in [1.82, 2.24) is 0 Å². The zero-order valence-corrected chi connectivity index (χ0v) is 13.8. The molecule has 0 aliphatic heterocycles. The summed E-state index contributed by atoms with van der Waals surface area (Å²) in [6.45, 7) is 0. The van der Waals surface area contributed by atoms with Crippen LogP contribution in [0, 0.1) is 0 Å². The highest BCUT2D eigenvalue weighted by molar-refractivity contribution is 6.49. The standard InChI is InChI=1S/C13H6Cl5NO2/c14-5-1-2-6(7(15)3-5)13(21)19-9-4-8(16)10(17)11(18)12(9)20/h1-4,20H,(H,19,21). The second-order valence-corrected chi connectivity index (χ2v) is 5.97. The van der Waals surface area contributed by atoms with Crippen LogP contribution in [0.2, 0.25) is 25.1 Å². The summed E-state index contributed by atoms with van der Waals surface area (Å²) in [5.74, 6) is -0.939. The van der Waals surface area contributed by atoms with Gasteiger partial charge in [0, 0.05) is 5.02 Å². The van der Waals surface area contributed by atoms with Gasteiger partial charge in [-0.15, -0.1) is 0 Å². The highest BCUT2D eigenvalue weighted by atomic mass is 35.5. The molecule has 2 aromatic carbocycles. The third kappa shape index (κ3) is 3.50. The van der Waals surface area contributed by atoms with E-state index < -0.39 is 5.91 Å². The predicted octanol–water partition coefficient (Wildman–Crippen LogP) is 5.91. The number of benzene rings is 2. The molecular weight excluding hydrogens is 379 g/mol. The van der Waals surface area contributed by atoms with Gasteiger partial charge >= 0.3 is 0 Å². The molecule has 0 aliphatic rings. The number of carbonyl (C=O) groups is 1. The molecule has 0 saturated carbocycles. The molecule has 8 heteroatoms. The minimum Gasteiger partial charge on any atom is -0.504 e. The van der Waals surface area contributed by atoms with Crippen molar-refractivity contribution in [2.75, 3.05) is 5.32 Å². The molecule has 0 fully saturated rings. The summed E-state index contributed by atoms with van der Waals surface area (Å²) in [5, 5.41) is 12.8. The normalized spacial score (nSPS) is 10.5. The van der Waals surface area contributed by atoms with Crippen molar-refractivity contribution >= 4 is 69.6 Å². The molecule has 0 aliphatic carbocycles. The average molecular weight is 385 g/mol. The minimum atomic E-state index is -0.554. The molecule has 0 bridgehead atoms. The first-order valence-electron chi connectivity index (χ1n) is 5.44. The van der Waals surface area contributed by atoms with Gasteiger partial charge in [-0.3, -0.25) is 4.79 Å². The summed E-state index contributed by atoms with van der Waals surface area (Å²) in [6.07, 6.45) is 0. The molecule has 110 valence electrons. The van der Waals surface area contributed by atoms with Gasteiger partial charge in [0.05, 0.1) is 26.3 Å². The molecule has 0 spiro atoms. The number of nitrogens with one attached hydrogen (secondary N) is 1. The lowest BCUT2D eigenvalue weighted by molar-refractivity contribution is 0.102. The molecule has 0 atom stereocenters. The van der Waals surface area contributed by atoms with Gasteiger partial charge in [-0.05, 0) is 24.3 Å². The first kappa shape index (κ1) is 16.5. The number of amides is 1. The molecule has 0 radical (unpaired) electrons. The van der Waals surface area contributed by atoms with Crippen molar-refractivity contribution < 1.29 is 9.90 Å². The number of phenols is 1. The van der Waals surface area contributed by atoms with Crippen LogP contribution in [0.1, 0.15) is 10.4 Å². The maximum absolute atomic E-state index is 12.1. The van der Waals surface area contributed by atoms with Gasteiger partial charge in [0.15, 0.2) is 5.75 Å². The third-order valence-electron chi connectivity index (χ3n) is 2.56. The van der Waals surface area contributed by atoms with Crippen LogP contribution in [0.3, 0.4) is 0 Å². The lowest BCUT2D eigenvalue weighted by Crippen LogP contribution is -2.12. The predicted molar refractivity (Wildman–Crippen MR) is 87.6 cm³/mol. The molecular formula is C13H6Cl5NO2. The van der Waals surface area contributed by atoms with Gasteiger partial charge in [-0.2, -0.15) is 0 Å². The van der Waals surface area contributed by atoms with Crippen molar-refractivity contribution in [3.8, 4) is 5.75 Å². The Morgan fingerprint density at radius 1 is 0.952 bits per heavy atom. The minimum absolute atomic E-state index is 0.00152. The number of aromatic hydroxyl groups is 1. The molecule has 0 unspecified atom stereocenters. The van der Waals surface area contributed by atoms with Gasteiger partial charge in [-0.25, -0.2) is 0 Å². The first-order chi connectivity index (χ1) is 9.81. The Labute approximate surface area is 145 Å². The first-order valence-corrected chi connectivity index (χ1v) is 7.33. The summed E-state index contributed by atoms with van der Waals surface area (Å²) in [6, 6.07) is 5.69. The van der Waals surface area contributed by atoms with E-state index in [1.807, 2.05) is 0 Å². The van der Waals surface area contributed by atoms with Crippen LogP contribution in [0.4, 0.5) is 5.69 Å². The van der Waals surface area contributed by atoms with Gasteiger partial charge < -0.3 is 10.4 Å². The maximum atomic E-state index is 12.1. The van der Waals surface area contributed by atoms with E-state index in [-0.39, 0.29) is 37.1 Å². The van der Waals surface area contributed by atoms with E-state index in [1.54, 1.807) is 0 Å². The Morgan fingerprint density at radius 3 is 2.24 bits per heavy atom. The van der Waals surface area contributed by atoms with Gasteiger partial charge in [-0.1, -0.05) is 58.0 Å². The van der Waals surface area contributed by atoms with Crippen molar-refractivity contribution in [1.29, 1.82) is 0 Å². The Balaban J connectivity index is 2.36. The molecule has 21 heavy (non-hydrogen) atoms. The number of hydrogen-bond donors (Lipinski definition) is 2. The van der Waals surface area contributed by atoms with Gasteiger partial charge in [0.25, 0.3) is 5.91 Å². The summed E-state index contributed by atoms with van der Waals surface area (Å²) in [4.78, 5) is 12.1. The summed E-state index contributed by atoms with van der Waals surface area (Å²) in [7, 11) is 0. The summed E-state index contributed by atoms with van der Waals surface area (Å²) in [5.41, 5.74) is 0.202. The third-order valence-corrected chi connectivity index (χ3v) is 4.36. The van der Waals surface area contributed by atoms with Crippen LogP contribution >= 0.6 is 58.0 Å². The summed E-state index contributed by atoms with van der Waals surface area (Å²) >= 11 is 29.1. The Hall–Kier alpha value is -0.840. The van der Waals surface area contributed by atoms with Gasteiger partial charge in [0.1, 0.15) is 5.02 Å². The monoisotopic (exact) mass is 383 g/mol. The van der Waals surface area contributed by atoms with Crippen molar-refractivity contribution in [2.45, 2.75) is 0 Å². The largest absolute Gasteiger partial charge is 0.504 e.